The van der Waals surface area contributed by atoms with Gasteiger partial charge in [-0.3, -0.25) is 4.79 Å². The number of methoxy groups -OCH3 is 1. The highest BCUT2D eigenvalue weighted by Crippen LogP contribution is 2.39. The average Bonchev–Trinajstić information content (AvgIpc) is 3.01. The smallest absolute Gasteiger partial charge is 0.317 e. The average molecular weight is 262 g/mol. The molecule has 19 heavy (non-hydrogen) atoms. The molecule has 2 aliphatic rings. The summed E-state index contributed by atoms with van der Waals surface area (Å²) in [4.78, 5) is 12.1. The lowest BCUT2D eigenvalue weighted by Crippen LogP contribution is -2.29. The van der Waals surface area contributed by atoms with E-state index in [0.29, 0.717) is 5.75 Å². The number of aryl methyl sites for hydroxylation is 1. The molecule has 0 N–H and O–H groups in total. The largest absolute Gasteiger partial charge is 0.496 e. The lowest BCUT2D eigenvalue weighted by atomic mass is 9.89. The van der Waals surface area contributed by atoms with Gasteiger partial charge in [0, 0.05) is 0 Å². The van der Waals surface area contributed by atoms with Gasteiger partial charge in [0.1, 0.15) is 11.5 Å². The Bertz CT molecular complexity index is 497. The Hall–Kier alpha value is -1.55. The van der Waals surface area contributed by atoms with Gasteiger partial charge in [-0.25, -0.2) is 0 Å². The van der Waals surface area contributed by atoms with Gasteiger partial charge in [-0.15, -0.1) is 0 Å². The number of carbonyl (C=O) groups excluding carboxylic acids is 1. The van der Waals surface area contributed by atoms with E-state index >= 15 is 0 Å². The Morgan fingerprint density at radius 2 is 2.21 bits per heavy atom. The molecule has 2 fully saturated rings. The summed E-state index contributed by atoms with van der Waals surface area (Å²) in [5, 5.41) is 0. The summed E-state index contributed by atoms with van der Waals surface area (Å²) in [6, 6.07) is 5.40. The van der Waals surface area contributed by atoms with E-state index in [-0.39, 0.29) is 24.1 Å². The second-order valence-electron chi connectivity index (χ2n) is 5.27. The van der Waals surface area contributed by atoms with E-state index in [9.17, 15) is 4.79 Å². The van der Waals surface area contributed by atoms with Gasteiger partial charge in [-0.1, -0.05) is 0 Å². The van der Waals surface area contributed by atoms with Crippen LogP contribution in [0.4, 0.5) is 0 Å². The summed E-state index contributed by atoms with van der Waals surface area (Å²) in [6.45, 7) is 1.93. The van der Waals surface area contributed by atoms with Gasteiger partial charge in [-0.05, 0) is 49.9 Å². The molecule has 3 unspecified atom stereocenters. The maximum Gasteiger partial charge on any atom is 0.317 e. The second kappa shape index (κ2) is 4.85. The summed E-state index contributed by atoms with van der Waals surface area (Å²) in [5.74, 6) is 1.10. The van der Waals surface area contributed by atoms with Crippen molar-refractivity contribution >= 4 is 5.97 Å². The van der Waals surface area contributed by atoms with Gasteiger partial charge in [0.25, 0.3) is 0 Å². The number of ether oxygens (including phenoxy) is 3. The van der Waals surface area contributed by atoms with Gasteiger partial charge in [0.2, 0.25) is 0 Å². The van der Waals surface area contributed by atoms with Crippen LogP contribution in [0.5, 0.6) is 11.5 Å². The van der Waals surface area contributed by atoms with E-state index in [0.717, 1.165) is 30.6 Å². The van der Waals surface area contributed by atoms with Crippen LogP contribution in [-0.4, -0.2) is 25.3 Å². The number of fused-ring (bicyclic) bond motifs is 2. The molecule has 0 aliphatic carbocycles. The number of hydrogen-bond acceptors (Lipinski definition) is 4. The van der Waals surface area contributed by atoms with Crippen molar-refractivity contribution in [3.05, 3.63) is 23.8 Å². The molecule has 0 saturated carbocycles. The molecule has 1 aromatic carbocycles. The van der Waals surface area contributed by atoms with Crippen LogP contribution in [0.1, 0.15) is 24.8 Å². The van der Waals surface area contributed by atoms with Crippen LogP contribution in [0.25, 0.3) is 0 Å². The van der Waals surface area contributed by atoms with Crippen molar-refractivity contribution in [3.63, 3.8) is 0 Å². The molecule has 2 aliphatic heterocycles. The first-order chi connectivity index (χ1) is 9.17. The highest BCUT2D eigenvalue weighted by Gasteiger charge is 2.45. The summed E-state index contributed by atoms with van der Waals surface area (Å²) in [5.41, 5.74) is 0.956. The highest BCUT2D eigenvalue weighted by molar-refractivity contribution is 5.76. The fourth-order valence-corrected chi connectivity index (χ4v) is 2.99. The molecule has 0 aromatic heterocycles. The molecular formula is C15H18O4. The summed E-state index contributed by atoms with van der Waals surface area (Å²) in [7, 11) is 1.63. The quantitative estimate of drug-likeness (QED) is 0.620. The zero-order valence-corrected chi connectivity index (χ0v) is 11.2. The van der Waals surface area contributed by atoms with Crippen LogP contribution in [0.3, 0.4) is 0 Å². The van der Waals surface area contributed by atoms with Crippen LogP contribution in [0.2, 0.25) is 0 Å². The van der Waals surface area contributed by atoms with Gasteiger partial charge in [-0.2, -0.15) is 0 Å². The van der Waals surface area contributed by atoms with Crippen molar-refractivity contribution in [2.75, 3.05) is 7.11 Å². The standard InChI is InChI=1S/C15H18O4/c1-9-7-10(3-5-13(9)17-2)19-15(16)12-8-11-4-6-14(12)18-11/h3,5,7,11-12,14H,4,6,8H2,1-2H3. The molecule has 0 radical (unpaired) electrons. The van der Waals surface area contributed by atoms with Gasteiger partial charge < -0.3 is 14.2 Å². The third-order valence-corrected chi connectivity index (χ3v) is 3.99. The molecule has 2 saturated heterocycles. The maximum atomic E-state index is 12.1. The molecule has 2 heterocycles. The van der Waals surface area contributed by atoms with Crippen molar-refractivity contribution in [2.45, 2.75) is 38.4 Å². The first-order valence-electron chi connectivity index (χ1n) is 6.69. The number of carbonyl (C=O) groups is 1. The van der Waals surface area contributed by atoms with E-state index in [1.807, 2.05) is 19.1 Å². The Labute approximate surface area is 112 Å². The van der Waals surface area contributed by atoms with Crippen LogP contribution in [0.15, 0.2) is 18.2 Å². The minimum atomic E-state index is -0.170. The van der Waals surface area contributed by atoms with E-state index in [1.165, 1.54) is 0 Å². The highest BCUT2D eigenvalue weighted by atomic mass is 16.5. The SMILES string of the molecule is COc1ccc(OC(=O)C2CC3CCC2O3)cc1C. The zero-order chi connectivity index (χ0) is 13.4. The molecule has 3 atom stereocenters. The second-order valence-corrected chi connectivity index (χ2v) is 5.27. The fraction of sp³-hybridized carbons (Fsp3) is 0.533. The molecule has 0 spiro atoms. The topological polar surface area (TPSA) is 44.8 Å². The summed E-state index contributed by atoms with van der Waals surface area (Å²) in [6.07, 6.45) is 3.19. The van der Waals surface area contributed by atoms with Crippen molar-refractivity contribution in [1.82, 2.24) is 0 Å². The third-order valence-electron chi connectivity index (χ3n) is 3.99. The predicted molar refractivity (Wildman–Crippen MR) is 69.4 cm³/mol. The zero-order valence-electron chi connectivity index (χ0n) is 11.2. The van der Waals surface area contributed by atoms with Gasteiger partial charge in [0.15, 0.2) is 0 Å². The van der Waals surface area contributed by atoms with E-state index in [2.05, 4.69) is 0 Å². The number of benzene rings is 1. The van der Waals surface area contributed by atoms with Crippen molar-refractivity contribution < 1.29 is 19.0 Å². The molecule has 3 rings (SSSR count). The van der Waals surface area contributed by atoms with Crippen LogP contribution >= 0.6 is 0 Å². The van der Waals surface area contributed by atoms with Crippen molar-refractivity contribution in [3.8, 4) is 11.5 Å². The molecule has 4 heteroatoms. The summed E-state index contributed by atoms with van der Waals surface area (Å²) < 4.78 is 16.3. The predicted octanol–water partition coefficient (Wildman–Crippen LogP) is 2.48. The molecular weight excluding hydrogens is 244 g/mol. The molecule has 4 nitrogen and oxygen atoms in total. The van der Waals surface area contributed by atoms with Crippen LogP contribution in [-0.2, 0) is 9.53 Å². The normalized spacial score (nSPS) is 28.4. The lowest BCUT2D eigenvalue weighted by Gasteiger charge is -2.17. The minimum absolute atomic E-state index is 0.0665. The Kier molecular flexibility index (Phi) is 3.19. The number of esters is 1. The van der Waals surface area contributed by atoms with Crippen molar-refractivity contribution in [1.29, 1.82) is 0 Å². The van der Waals surface area contributed by atoms with Gasteiger partial charge in [0.05, 0.1) is 25.2 Å². The Morgan fingerprint density at radius 3 is 2.79 bits per heavy atom. The fourth-order valence-electron chi connectivity index (χ4n) is 2.99. The Morgan fingerprint density at radius 1 is 1.37 bits per heavy atom. The first kappa shape index (κ1) is 12.5. The van der Waals surface area contributed by atoms with E-state index in [4.69, 9.17) is 14.2 Å². The number of hydrogen-bond donors (Lipinski definition) is 0. The van der Waals surface area contributed by atoms with Crippen LogP contribution < -0.4 is 9.47 Å². The summed E-state index contributed by atoms with van der Waals surface area (Å²) >= 11 is 0. The molecule has 102 valence electrons. The molecule has 2 bridgehead atoms. The number of rotatable bonds is 3. The lowest BCUT2D eigenvalue weighted by molar-refractivity contribution is -0.140. The van der Waals surface area contributed by atoms with Gasteiger partial charge >= 0.3 is 5.97 Å². The Balaban J connectivity index is 1.68. The van der Waals surface area contributed by atoms with Crippen LogP contribution in [0, 0.1) is 12.8 Å². The monoisotopic (exact) mass is 262 g/mol. The molecule has 1 aromatic rings. The van der Waals surface area contributed by atoms with E-state index in [1.54, 1.807) is 13.2 Å². The van der Waals surface area contributed by atoms with Crippen molar-refractivity contribution in [2.24, 2.45) is 5.92 Å². The first-order valence-corrected chi connectivity index (χ1v) is 6.69. The minimum Gasteiger partial charge on any atom is -0.496 e. The molecule has 0 amide bonds. The maximum absolute atomic E-state index is 12.1. The van der Waals surface area contributed by atoms with E-state index < -0.39 is 0 Å². The third kappa shape index (κ3) is 2.32.